The SMILES string of the molecule is COc1cccc(F)c1C(C)Nc1ccc(Br)c(Cl)c1Cl. The zero-order chi connectivity index (χ0) is 15.6. The predicted molar refractivity (Wildman–Crippen MR) is 89.2 cm³/mol. The van der Waals surface area contributed by atoms with Crippen molar-refractivity contribution in [2.45, 2.75) is 13.0 Å². The largest absolute Gasteiger partial charge is 0.496 e. The van der Waals surface area contributed by atoms with Gasteiger partial charge in [-0.1, -0.05) is 29.3 Å². The van der Waals surface area contributed by atoms with Gasteiger partial charge in [0, 0.05) is 4.47 Å². The third kappa shape index (κ3) is 3.44. The highest BCUT2D eigenvalue weighted by molar-refractivity contribution is 9.10. The van der Waals surface area contributed by atoms with Crippen LogP contribution in [0.4, 0.5) is 10.1 Å². The van der Waals surface area contributed by atoms with Gasteiger partial charge in [-0.25, -0.2) is 4.39 Å². The first-order chi connectivity index (χ1) is 9.95. The normalized spacial score (nSPS) is 12.1. The molecule has 0 saturated carbocycles. The zero-order valence-electron chi connectivity index (χ0n) is 11.4. The molecule has 0 saturated heterocycles. The number of hydrogen-bond acceptors (Lipinski definition) is 2. The molecule has 0 bridgehead atoms. The molecule has 112 valence electrons. The molecule has 2 nitrogen and oxygen atoms in total. The third-order valence-electron chi connectivity index (χ3n) is 3.07. The van der Waals surface area contributed by atoms with Gasteiger partial charge in [0.05, 0.1) is 34.4 Å². The van der Waals surface area contributed by atoms with Crippen LogP contribution in [0.5, 0.6) is 5.75 Å². The van der Waals surface area contributed by atoms with Gasteiger partial charge < -0.3 is 10.1 Å². The molecule has 0 fully saturated rings. The van der Waals surface area contributed by atoms with Crippen LogP contribution in [0, 0.1) is 5.82 Å². The van der Waals surface area contributed by atoms with E-state index in [1.54, 1.807) is 24.3 Å². The molecular formula is C15H13BrCl2FNO. The minimum Gasteiger partial charge on any atom is -0.496 e. The summed E-state index contributed by atoms with van der Waals surface area (Å²) in [6.07, 6.45) is 0. The Hall–Kier alpha value is -0.970. The van der Waals surface area contributed by atoms with Crippen molar-refractivity contribution in [1.82, 2.24) is 0 Å². The molecule has 0 aromatic heterocycles. The lowest BCUT2D eigenvalue weighted by Crippen LogP contribution is -2.10. The molecule has 0 aliphatic heterocycles. The van der Waals surface area contributed by atoms with Crippen molar-refractivity contribution < 1.29 is 9.13 Å². The van der Waals surface area contributed by atoms with Gasteiger partial charge in [-0.3, -0.25) is 0 Å². The number of halogens is 4. The fourth-order valence-corrected chi connectivity index (χ4v) is 2.89. The molecule has 2 aromatic carbocycles. The van der Waals surface area contributed by atoms with Gasteiger partial charge >= 0.3 is 0 Å². The van der Waals surface area contributed by atoms with E-state index in [9.17, 15) is 4.39 Å². The van der Waals surface area contributed by atoms with Crippen LogP contribution < -0.4 is 10.1 Å². The summed E-state index contributed by atoms with van der Waals surface area (Å²) in [7, 11) is 1.51. The van der Waals surface area contributed by atoms with Gasteiger partial charge in [0.2, 0.25) is 0 Å². The molecule has 0 aliphatic carbocycles. The minimum atomic E-state index is -0.339. The Kier molecular flexibility index (Phi) is 5.36. The van der Waals surface area contributed by atoms with E-state index in [0.717, 1.165) is 0 Å². The Labute approximate surface area is 141 Å². The monoisotopic (exact) mass is 391 g/mol. The van der Waals surface area contributed by atoms with E-state index in [4.69, 9.17) is 27.9 Å². The van der Waals surface area contributed by atoms with Gasteiger partial charge in [-0.2, -0.15) is 0 Å². The second kappa shape index (κ2) is 6.86. The van der Waals surface area contributed by atoms with E-state index in [-0.39, 0.29) is 11.9 Å². The zero-order valence-corrected chi connectivity index (χ0v) is 14.5. The molecule has 1 atom stereocenters. The second-order valence-corrected chi connectivity index (χ2v) is 6.05. The first-order valence-electron chi connectivity index (χ1n) is 6.18. The summed E-state index contributed by atoms with van der Waals surface area (Å²) in [5.41, 5.74) is 1.07. The maximum absolute atomic E-state index is 14.0. The molecule has 0 aliphatic rings. The smallest absolute Gasteiger partial charge is 0.132 e. The van der Waals surface area contributed by atoms with Gasteiger partial charge in [-0.15, -0.1) is 0 Å². The van der Waals surface area contributed by atoms with Crippen molar-refractivity contribution in [1.29, 1.82) is 0 Å². The Balaban J connectivity index is 2.35. The van der Waals surface area contributed by atoms with Crippen LogP contribution in [-0.2, 0) is 0 Å². The lowest BCUT2D eigenvalue weighted by Gasteiger charge is -2.20. The average Bonchev–Trinajstić information content (AvgIpc) is 2.47. The first kappa shape index (κ1) is 16.4. The summed E-state index contributed by atoms with van der Waals surface area (Å²) in [4.78, 5) is 0. The van der Waals surface area contributed by atoms with E-state index in [2.05, 4.69) is 21.2 Å². The van der Waals surface area contributed by atoms with Crippen molar-refractivity contribution in [3.8, 4) is 5.75 Å². The average molecular weight is 393 g/mol. The molecule has 1 N–H and O–H groups in total. The summed E-state index contributed by atoms with van der Waals surface area (Å²) in [6, 6.07) is 7.94. The molecule has 0 amide bonds. The van der Waals surface area contributed by atoms with Crippen LogP contribution in [0.1, 0.15) is 18.5 Å². The fourth-order valence-electron chi connectivity index (χ4n) is 2.06. The number of hydrogen-bond donors (Lipinski definition) is 1. The molecule has 1 unspecified atom stereocenters. The highest BCUT2D eigenvalue weighted by atomic mass is 79.9. The highest BCUT2D eigenvalue weighted by Crippen LogP contribution is 2.38. The van der Waals surface area contributed by atoms with E-state index in [0.29, 0.717) is 31.5 Å². The molecule has 2 aromatic rings. The van der Waals surface area contributed by atoms with Gasteiger partial charge in [0.25, 0.3) is 0 Å². The van der Waals surface area contributed by atoms with Crippen molar-refractivity contribution in [2.75, 3.05) is 12.4 Å². The quantitative estimate of drug-likeness (QED) is 0.637. The lowest BCUT2D eigenvalue weighted by atomic mass is 10.1. The number of ether oxygens (including phenoxy) is 1. The van der Waals surface area contributed by atoms with Crippen molar-refractivity contribution in [3.05, 3.63) is 56.2 Å². The molecule has 0 heterocycles. The van der Waals surface area contributed by atoms with Crippen molar-refractivity contribution >= 4 is 44.8 Å². The van der Waals surface area contributed by atoms with Crippen LogP contribution in [0.15, 0.2) is 34.8 Å². The molecular weight excluding hydrogens is 380 g/mol. The summed E-state index contributed by atoms with van der Waals surface area (Å²) in [5, 5.41) is 3.95. The van der Waals surface area contributed by atoms with Crippen LogP contribution in [0.2, 0.25) is 10.0 Å². The van der Waals surface area contributed by atoms with Gasteiger partial charge in [0.15, 0.2) is 0 Å². The second-order valence-electron chi connectivity index (χ2n) is 4.44. The Morgan fingerprint density at radius 2 is 1.90 bits per heavy atom. The number of nitrogens with one attached hydrogen (secondary N) is 1. The number of benzene rings is 2. The number of methoxy groups -OCH3 is 1. The van der Waals surface area contributed by atoms with E-state index >= 15 is 0 Å². The minimum absolute atomic E-state index is 0.337. The summed E-state index contributed by atoms with van der Waals surface area (Å²) in [5.74, 6) is 0.142. The maximum atomic E-state index is 14.0. The fraction of sp³-hybridized carbons (Fsp3) is 0.200. The van der Waals surface area contributed by atoms with Crippen LogP contribution in [-0.4, -0.2) is 7.11 Å². The van der Waals surface area contributed by atoms with Crippen molar-refractivity contribution in [3.63, 3.8) is 0 Å². The molecule has 6 heteroatoms. The van der Waals surface area contributed by atoms with Crippen LogP contribution in [0.25, 0.3) is 0 Å². The molecule has 21 heavy (non-hydrogen) atoms. The Morgan fingerprint density at radius 1 is 1.19 bits per heavy atom. The van der Waals surface area contributed by atoms with Gasteiger partial charge in [0.1, 0.15) is 11.6 Å². The maximum Gasteiger partial charge on any atom is 0.132 e. The van der Waals surface area contributed by atoms with Gasteiger partial charge in [-0.05, 0) is 47.1 Å². The molecule has 0 radical (unpaired) electrons. The number of rotatable bonds is 4. The third-order valence-corrected chi connectivity index (χ3v) is 4.84. The molecule has 0 spiro atoms. The summed E-state index contributed by atoms with van der Waals surface area (Å²) < 4.78 is 20.0. The summed E-state index contributed by atoms with van der Waals surface area (Å²) >= 11 is 15.6. The standard InChI is InChI=1S/C15H13BrCl2FNO/c1-8(13-10(19)4-3-5-12(13)21-2)20-11-7-6-9(16)14(17)15(11)18/h3-8,20H,1-2H3. The topological polar surface area (TPSA) is 21.3 Å². The number of anilines is 1. The Morgan fingerprint density at radius 3 is 2.57 bits per heavy atom. The van der Waals surface area contributed by atoms with Crippen LogP contribution in [0.3, 0.4) is 0 Å². The predicted octanol–water partition coefficient (Wildman–Crippen LogP) is 6.08. The molecule has 2 rings (SSSR count). The van der Waals surface area contributed by atoms with E-state index in [1.807, 2.05) is 6.92 Å². The lowest BCUT2D eigenvalue weighted by molar-refractivity contribution is 0.402. The van der Waals surface area contributed by atoms with Crippen molar-refractivity contribution in [2.24, 2.45) is 0 Å². The van der Waals surface area contributed by atoms with E-state index < -0.39 is 0 Å². The Bertz CT molecular complexity index is 666. The summed E-state index contributed by atoms with van der Waals surface area (Å²) in [6.45, 7) is 1.83. The highest BCUT2D eigenvalue weighted by Gasteiger charge is 2.18. The van der Waals surface area contributed by atoms with E-state index in [1.165, 1.54) is 13.2 Å². The first-order valence-corrected chi connectivity index (χ1v) is 7.73. The van der Waals surface area contributed by atoms with Crippen LogP contribution >= 0.6 is 39.1 Å².